The highest BCUT2D eigenvalue weighted by atomic mass is 32.1. The molecule has 7 heteroatoms. The van der Waals surface area contributed by atoms with Gasteiger partial charge in [0.1, 0.15) is 5.75 Å². The molecule has 0 unspecified atom stereocenters. The molecule has 1 fully saturated rings. The van der Waals surface area contributed by atoms with Crippen LogP contribution in [0.1, 0.15) is 50.9 Å². The van der Waals surface area contributed by atoms with E-state index < -0.39 is 12.6 Å². The molecule has 1 aliphatic rings. The van der Waals surface area contributed by atoms with E-state index in [-0.39, 0.29) is 5.91 Å². The zero-order valence-electron chi connectivity index (χ0n) is 15.8. The van der Waals surface area contributed by atoms with Crippen LogP contribution in [0.15, 0.2) is 17.5 Å². The number of thiazole rings is 1. The fourth-order valence-corrected chi connectivity index (χ4v) is 4.48. The Morgan fingerprint density at radius 2 is 1.85 bits per heavy atom. The number of carbonyl (C=O) groups is 2. The van der Waals surface area contributed by atoms with Crippen LogP contribution in [0.2, 0.25) is 0 Å². The first kappa shape index (κ1) is 19.4. The molecule has 1 amide bonds. The Labute approximate surface area is 162 Å². The molecule has 144 valence electrons. The molecule has 3 rings (SSSR count). The number of amides is 1. The van der Waals surface area contributed by atoms with Gasteiger partial charge in [-0.25, -0.2) is 9.78 Å². The van der Waals surface area contributed by atoms with Gasteiger partial charge in [0.15, 0.2) is 6.61 Å². The summed E-state index contributed by atoms with van der Waals surface area (Å²) in [5, 5.41) is 12.0. The first-order valence-corrected chi connectivity index (χ1v) is 9.90. The average molecular weight is 388 g/mol. The number of nitrogens with zero attached hydrogens (tertiary/aromatic N) is 2. The molecular weight excluding hydrogens is 364 g/mol. The van der Waals surface area contributed by atoms with Gasteiger partial charge in [-0.1, -0.05) is 0 Å². The van der Waals surface area contributed by atoms with Crippen molar-refractivity contribution in [2.45, 2.75) is 39.5 Å². The maximum absolute atomic E-state index is 12.9. The third-order valence-corrected chi connectivity index (χ3v) is 5.94. The number of aromatic nitrogens is 1. The molecule has 2 heterocycles. The molecule has 0 aliphatic carbocycles. The minimum absolute atomic E-state index is 0.0137. The van der Waals surface area contributed by atoms with Gasteiger partial charge in [0.05, 0.1) is 5.01 Å². The topological polar surface area (TPSA) is 79.7 Å². The van der Waals surface area contributed by atoms with Gasteiger partial charge in [0, 0.05) is 35.6 Å². The summed E-state index contributed by atoms with van der Waals surface area (Å²) in [6, 6.07) is 3.56. The number of aliphatic carboxylic acids is 1. The first-order chi connectivity index (χ1) is 12.8. The van der Waals surface area contributed by atoms with Crippen LogP contribution >= 0.6 is 11.3 Å². The molecule has 2 aromatic rings. The third kappa shape index (κ3) is 4.47. The van der Waals surface area contributed by atoms with Gasteiger partial charge < -0.3 is 14.7 Å². The van der Waals surface area contributed by atoms with E-state index in [1.54, 1.807) is 23.5 Å². The second-order valence-corrected chi connectivity index (χ2v) is 7.90. The average Bonchev–Trinajstić information content (AvgIpc) is 3.06. The molecule has 1 N–H and O–H groups in total. The smallest absolute Gasteiger partial charge is 0.341 e. The van der Waals surface area contributed by atoms with Crippen molar-refractivity contribution in [3.63, 3.8) is 0 Å². The molecule has 1 aromatic carbocycles. The summed E-state index contributed by atoms with van der Waals surface area (Å²) < 4.78 is 5.34. The molecule has 1 aliphatic heterocycles. The number of hydrogen-bond donors (Lipinski definition) is 1. The van der Waals surface area contributed by atoms with Crippen LogP contribution in [0.25, 0.3) is 0 Å². The summed E-state index contributed by atoms with van der Waals surface area (Å²) in [5.74, 6) is -0.0400. The van der Waals surface area contributed by atoms with Gasteiger partial charge >= 0.3 is 5.97 Å². The largest absolute Gasteiger partial charge is 0.481 e. The number of carboxylic acids is 1. The quantitative estimate of drug-likeness (QED) is 0.847. The number of benzene rings is 1. The van der Waals surface area contributed by atoms with E-state index in [4.69, 9.17) is 9.84 Å². The Balaban J connectivity index is 1.67. The lowest BCUT2D eigenvalue weighted by atomic mass is 9.96. The minimum Gasteiger partial charge on any atom is -0.481 e. The van der Waals surface area contributed by atoms with Crippen molar-refractivity contribution in [3.05, 3.63) is 44.9 Å². The molecule has 0 atom stereocenters. The van der Waals surface area contributed by atoms with E-state index in [2.05, 4.69) is 10.4 Å². The molecule has 0 saturated carbocycles. The number of carbonyl (C=O) groups excluding carboxylic acids is 1. The number of hydrogen-bond acceptors (Lipinski definition) is 5. The number of aryl methyl sites for hydroxylation is 3. The maximum Gasteiger partial charge on any atom is 0.341 e. The third-order valence-electron chi connectivity index (χ3n) is 4.82. The summed E-state index contributed by atoms with van der Waals surface area (Å²) >= 11 is 1.70. The number of likely N-dealkylation sites (tertiary alicyclic amines) is 1. The second kappa shape index (κ2) is 8.08. The lowest BCUT2D eigenvalue weighted by molar-refractivity contribution is -0.139. The van der Waals surface area contributed by atoms with Crippen molar-refractivity contribution in [1.82, 2.24) is 9.88 Å². The number of rotatable bonds is 5. The van der Waals surface area contributed by atoms with Gasteiger partial charge in [-0.05, 0) is 56.9 Å². The SMILES string of the molecule is Cc1csc(C2CCN(C(=O)c3cc(C)c(OCC(=O)O)c(C)c3)CC2)n1. The molecule has 0 radical (unpaired) electrons. The summed E-state index contributed by atoms with van der Waals surface area (Å²) in [5.41, 5.74) is 3.22. The first-order valence-electron chi connectivity index (χ1n) is 9.02. The monoisotopic (exact) mass is 388 g/mol. The Kier molecular flexibility index (Phi) is 5.79. The Morgan fingerprint density at radius 3 is 2.37 bits per heavy atom. The summed E-state index contributed by atoms with van der Waals surface area (Å²) in [6.07, 6.45) is 1.85. The van der Waals surface area contributed by atoms with Gasteiger partial charge in [-0.15, -0.1) is 11.3 Å². The number of piperidine rings is 1. The van der Waals surface area contributed by atoms with Crippen molar-refractivity contribution in [1.29, 1.82) is 0 Å². The van der Waals surface area contributed by atoms with Gasteiger partial charge in [-0.2, -0.15) is 0 Å². The molecular formula is C20H24N2O4S. The highest BCUT2D eigenvalue weighted by molar-refractivity contribution is 7.09. The van der Waals surface area contributed by atoms with E-state index in [0.717, 1.165) is 42.8 Å². The number of ether oxygens (including phenoxy) is 1. The van der Waals surface area contributed by atoms with Crippen LogP contribution in [0.3, 0.4) is 0 Å². The van der Waals surface area contributed by atoms with Crippen molar-refractivity contribution in [2.24, 2.45) is 0 Å². The van der Waals surface area contributed by atoms with Crippen LogP contribution in [0.5, 0.6) is 5.75 Å². The fraction of sp³-hybridized carbons (Fsp3) is 0.450. The number of carboxylic acid groups (broad SMARTS) is 1. The van der Waals surface area contributed by atoms with Crippen molar-refractivity contribution >= 4 is 23.2 Å². The summed E-state index contributed by atoms with van der Waals surface area (Å²) in [4.78, 5) is 30.1. The summed E-state index contributed by atoms with van der Waals surface area (Å²) in [7, 11) is 0. The zero-order chi connectivity index (χ0) is 19.6. The molecule has 27 heavy (non-hydrogen) atoms. The zero-order valence-corrected chi connectivity index (χ0v) is 16.6. The van der Waals surface area contributed by atoms with Crippen molar-refractivity contribution in [3.8, 4) is 5.75 Å². The normalized spacial score (nSPS) is 15.0. The van der Waals surface area contributed by atoms with Gasteiger partial charge in [0.2, 0.25) is 0 Å². The van der Waals surface area contributed by atoms with E-state index >= 15 is 0 Å². The fourth-order valence-electron chi connectivity index (χ4n) is 3.51. The van der Waals surface area contributed by atoms with Crippen LogP contribution in [-0.2, 0) is 4.79 Å². The van der Waals surface area contributed by atoms with Crippen LogP contribution < -0.4 is 4.74 Å². The van der Waals surface area contributed by atoms with E-state index in [1.165, 1.54) is 5.01 Å². The van der Waals surface area contributed by atoms with E-state index in [9.17, 15) is 9.59 Å². The van der Waals surface area contributed by atoms with Crippen LogP contribution in [-0.4, -0.2) is 46.6 Å². The predicted octanol–water partition coefficient (Wildman–Crippen LogP) is 3.55. The van der Waals surface area contributed by atoms with Crippen molar-refractivity contribution in [2.75, 3.05) is 19.7 Å². The van der Waals surface area contributed by atoms with Gasteiger partial charge in [0.25, 0.3) is 5.91 Å². The highest BCUT2D eigenvalue weighted by Gasteiger charge is 2.26. The molecule has 1 saturated heterocycles. The summed E-state index contributed by atoms with van der Waals surface area (Å²) in [6.45, 7) is 6.72. The van der Waals surface area contributed by atoms with E-state index in [0.29, 0.717) is 17.2 Å². The minimum atomic E-state index is -1.02. The Morgan fingerprint density at radius 1 is 1.22 bits per heavy atom. The molecule has 6 nitrogen and oxygen atoms in total. The lowest BCUT2D eigenvalue weighted by Gasteiger charge is -2.31. The van der Waals surface area contributed by atoms with Gasteiger partial charge in [-0.3, -0.25) is 4.79 Å². The molecule has 1 aromatic heterocycles. The van der Waals surface area contributed by atoms with Crippen LogP contribution in [0, 0.1) is 20.8 Å². The predicted molar refractivity (Wildman–Crippen MR) is 104 cm³/mol. The standard InChI is InChI=1S/C20H24N2O4S/c1-12-8-16(9-13(2)18(12)26-10-17(23)24)20(25)22-6-4-15(5-7-22)19-21-14(3)11-27-19/h8-9,11,15H,4-7,10H2,1-3H3,(H,23,24). The second-order valence-electron chi connectivity index (χ2n) is 7.02. The Bertz CT molecular complexity index is 830. The highest BCUT2D eigenvalue weighted by Crippen LogP contribution is 2.31. The van der Waals surface area contributed by atoms with Crippen LogP contribution in [0.4, 0.5) is 0 Å². The molecule has 0 spiro atoms. The maximum atomic E-state index is 12.9. The Hall–Kier alpha value is -2.41. The molecule has 0 bridgehead atoms. The van der Waals surface area contributed by atoms with E-state index in [1.807, 2.05) is 25.7 Å². The van der Waals surface area contributed by atoms with Crippen molar-refractivity contribution < 1.29 is 19.4 Å². The lowest BCUT2D eigenvalue weighted by Crippen LogP contribution is -2.38.